The van der Waals surface area contributed by atoms with Gasteiger partial charge in [0.05, 0.1) is 6.61 Å². The molecule has 4 heteroatoms. The molecule has 1 heterocycles. The largest absolute Gasteiger partial charge is 0.493 e. The normalized spacial score (nSPS) is 16.8. The quantitative estimate of drug-likeness (QED) is 0.916. The molecule has 104 valence electrons. The maximum absolute atomic E-state index is 13.6. The lowest BCUT2D eigenvalue weighted by Crippen LogP contribution is -2.22. The van der Waals surface area contributed by atoms with Gasteiger partial charge in [-0.3, -0.25) is 0 Å². The molecule has 0 saturated carbocycles. The van der Waals surface area contributed by atoms with Crippen LogP contribution < -0.4 is 10.1 Å². The summed E-state index contributed by atoms with van der Waals surface area (Å²) in [7, 11) is 0. The Kier molecular flexibility index (Phi) is 4.03. The average Bonchev–Trinajstić information content (AvgIpc) is 2.86. The molecule has 1 atom stereocenters. The topological polar surface area (TPSA) is 21.3 Å². The van der Waals surface area contributed by atoms with E-state index >= 15 is 0 Å². The van der Waals surface area contributed by atoms with Gasteiger partial charge in [-0.2, -0.15) is 0 Å². The lowest BCUT2D eigenvalue weighted by molar-refractivity contribution is 0.326. The Bertz CT molecular complexity index is 617. The third-order valence-electron chi connectivity index (χ3n) is 3.51. The molecule has 2 aromatic carbocycles. The first-order chi connectivity index (χ1) is 9.74. The first-order valence-electron chi connectivity index (χ1n) is 6.60. The third kappa shape index (κ3) is 2.86. The van der Waals surface area contributed by atoms with Crippen molar-refractivity contribution in [2.45, 2.75) is 12.5 Å². The minimum absolute atomic E-state index is 0.177. The molecule has 0 aromatic heterocycles. The van der Waals surface area contributed by atoms with Crippen LogP contribution in [0.4, 0.5) is 4.39 Å². The van der Waals surface area contributed by atoms with Gasteiger partial charge in [-0.05, 0) is 24.3 Å². The molecule has 20 heavy (non-hydrogen) atoms. The van der Waals surface area contributed by atoms with Crippen molar-refractivity contribution in [1.82, 2.24) is 5.32 Å². The highest BCUT2D eigenvalue weighted by Crippen LogP contribution is 2.32. The molecule has 2 aromatic rings. The predicted octanol–water partition coefficient (Wildman–Crippen LogP) is 3.85. The van der Waals surface area contributed by atoms with Crippen LogP contribution in [0.2, 0.25) is 0 Å². The second-order valence-electron chi connectivity index (χ2n) is 4.91. The summed E-state index contributed by atoms with van der Waals surface area (Å²) in [6, 6.07) is 13.1. The van der Waals surface area contributed by atoms with Crippen molar-refractivity contribution in [3.63, 3.8) is 0 Å². The van der Waals surface area contributed by atoms with Gasteiger partial charge in [0.15, 0.2) is 0 Å². The Morgan fingerprint density at radius 1 is 1.25 bits per heavy atom. The van der Waals surface area contributed by atoms with Gasteiger partial charge in [0.2, 0.25) is 0 Å². The first-order valence-corrected chi connectivity index (χ1v) is 7.39. The van der Waals surface area contributed by atoms with E-state index in [4.69, 9.17) is 4.74 Å². The summed E-state index contributed by atoms with van der Waals surface area (Å²) in [4.78, 5) is 0. The van der Waals surface area contributed by atoms with Gasteiger partial charge in [-0.25, -0.2) is 4.39 Å². The molecule has 0 amide bonds. The molecule has 1 unspecified atom stereocenters. The third-order valence-corrected chi connectivity index (χ3v) is 4.01. The van der Waals surface area contributed by atoms with Gasteiger partial charge < -0.3 is 10.1 Å². The van der Waals surface area contributed by atoms with E-state index in [0.717, 1.165) is 16.8 Å². The van der Waals surface area contributed by atoms with Crippen molar-refractivity contribution in [3.8, 4) is 5.75 Å². The number of fused-ring (bicyclic) bond motifs is 1. The van der Waals surface area contributed by atoms with E-state index in [1.54, 1.807) is 12.1 Å². The first kappa shape index (κ1) is 13.6. The zero-order valence-corrected chi connectivity index (χ0v) is 12.5. The summed E-state index contributed by atoms with van der Waals surface area (Å²) in [6.45, 7) is 1.99. The highest BCUT2D eigenvalue weighted by atomic mass is 79.9. The van der Waals surface area contributed by atoms with Crippen LogP contribution >= 0.6 is 15.9 Å². The molecule has 3 rings (SSSR count). The summed E-state index contributed by atoms with van der Waals surface area (Å²) < 4.78 is 20.2. The summed E-state index contributed by atoms with van der Waals surface area (Å²) >= 11 is 3.36. The van der Waals surface area contributed by atoms with E-state index < -0.39 is 0 Å². The number of ether oxygens (including phenoxy) is 1. The van der Waals surface area contributed by atoms with Crippen LogP contribution in [-0.2, 0) is 6.54 Å². The fourth-order valence-electron chi connectivity index (χ4n) is 2.46. The molecule has 2 nitrogen and oxygen atoms in total. The molecule has 0 bridgehead atoms. The Balaban J connectivity index is 1.60. The molecule has 1 aliphatic heterocycles. The minimum atomic E-state index is -0.177. The second kappa shape index (κ2) is 5.94. The van der Waals surface area contributed by atoms with Crippen molar-refractivity contribution in [2.24, 2.45) is 0 Å². The van der Waals surface area contributed by atoms with Crippen LogP contribution in [0.15, 0.2) is 46.9 Å². The van der Waals surface area contributed by atoms with Gasteiger partial charge in [-0.15, -0.1) is 0 Å². The van der Waals surface area contributed by atoms with Crippen molar-refractivity contribution in [1.29, 1.82) is 0 Å². The monoisotopic (exact) mass is 335 g/mol. The van der Waals surface area contributed by atoms with Gasteiger partial charge in [0.25, 0.3) is 0 Å². The molecular weight excluding hydrogens is 321 g/mol. The number of hydrogen-bond acceptors (Lipinski definition) is 2. The van der Waals surface area contributed by atoms with Crippen molar-refractivity contribution in [3.05, 3.63) is 63.9 Å². The predicted molar refractivity (Wildman–Crippen MR) is 80.5 cm³/mol. The Morgan fingerprint density at radius 3 is 3.00 bits per heavy atom. The van der Waals surface area contributed by atoms with Crippen LogP contribution in [0.3, 0.4) is 0 Å². The Hall–Kier alpha value is -1.39. The Morgan fingerprint density at radius 2 is 2.10 bits per heavy atom. The van der Waals surface area contributed by atoms with Crippen LogP contribution in [0.25, 0.3) is 0 Å². The summed E-state index contributed by atoms with van der Waals surface area (Å²) in [6.07, 6.45) is 0. The number of nitrogens with one attached hydrogen (secondary N) is 1. The van der Waals surface area contributed by atoms with E-state index in [1.165, 1.54) is 11.6 Å². The molecule has 0 spiro atoms. The average molecular weight is 336 g/mol. The summed E-state index contributed by atoms with van der Waals surface area (Å²) in [5, 5.41) is 3.31. The maximum Gasteiger partial charge on any atom is 0.127 e. The minimum Gasteiger partial charge on any atom is -0.493 e. The fourth-order valence-corrected chi connectivity index (χ4v) is 2.87. The van der Waals surface area contributed by atoms with Gasteiger partial charge in [0.1, 0.15) is 11.6 Å². The molecule has 0 aliphatic carbocycles. The molecule has 0 fully saturated rings. The smallest absolute Gasteiger partial charge is 0.127 e. The van der Waals surface area contributed by atoms with Crippen LogP contribution in [0.1, 0.15) is 17.0 Å². The molecule has 1 aliphatic rings. The van der Waals surface area contributed by atoms with E-state index in [9.17, 15) is 4.39 Å². The van der Waals surface area contributed by atoms with Gasteiger partial charge >= 0.3 is 0 Å². The number of para-hydroxylation sites is 1. The molecule has 0 saturated heterocycles. The number of hydrogen-bond donors (Lipinski definition) is 1. The summed E-state index contributed by atoms with van der Waals surface area (Å²) in [5.74, 6) is 1.12. The number of benzene rings is 2. The number of rotatable bonds is 4. The summed E-state index contributed by atoms with van der Waals surface area (Å²) in [5.41, 5.74) is 1.90. The highest BCUT2D eigenvalue weighted by molar-refractivity contribution is 9.10. The maximum atomic E-state index is 13.6. The van der Waals surface area contributed by atoms with Crippen molar-refractivity contribution < 1.29 is 9.13 Å². The van der Waals surface area contributed by atoms with Crippen molar-refractivity contribution >= 4 is 15.9 Å². The highest BCUT2D eigenvalue weighted by Gasteiger charge is 2.22. The molecule has 1 N–H and O–H groups in total. The zero-order chi connectivity index (χ0) is 13.9. The van der Waals surface area contributed by atoms with Crippen molar-refractivity contribution in [2.75, 3.05) is 13.2 Å². The van der Waals surface area contributed by atoms with E-state index in [1.807, 2.05) is 18.2 Å². The lowest BCUT2D eigenvalue weighted by atomic mass is 10.0. The van der Waals surface area contributed by atoms with E-state index in [0.29, 0.717) is 24.6 Å². The van der Waals surface area contributed by atoms with Gasteiger partial charge in [-0.1, -0.05) is 34.1 Å². The van der Waals surface area contributed by atoms with Crippen LogP contribution in [-0.4, -0.2) is 13.2 Å². The second-order valence-corrected chi connectivity index (χ2v) is 5.83. The molecule has 0 radical (unpaired) electrons. The molecular formula is C16H15BrFNO. The standard InChI is InChI=1S/C16H15BrFNO/c17-13-5-6-15(18)11(7-13)8-19-9-12-10-20-16-4-2-1-3-14(12)16/h1-7,12,19H,8-10H2. The SMILES string of the molecule is Fc1ccc(Br)cc1CNCC1COc2ccccc21. The van der Waals surface area contributed by atoms with Crippen LogP contribution in [0.5, 0.6) is 5.75 Å². The zero-order valence-electron chi connectivity index (χ0n) is 10.9. The van der Waals surface area contributed by atoms with Crippen LogP contribution in [0, 0.1) is 5.82 Å². The fraction of sp³-hybridized carbons (Fsp3) is 0.250. The van der Waals surface area contributed by atoms with E-state index in [-0.39, 0.29) is 5.82 Å². The van der Waals surface area contributed by atoms with Gasteiger partial charge in [0, 0.05) is 34.6 Å². The van der Waals surface area contributed by atoms with E-state index in [2.05, 4.69) is 27.3 Å². The lowest BCUT2D eigenvalue weighted by Gasteiger charge is -2.11. The Labute approximate surface area is 126 Å². The number of halogens is 2.